The van der Waals surface area contributed by atoms with Gasteiger partial charge in [-0.05, 0) is 49.1 Å². The number of carbonyl (C=O) groups is 1. The summed E-state index contributed by atoms with van der Waals surface area (Å²) < 4.78 is 13.6. The zero-order chi connectivity index (χ0) is 14.3. The van der Waals surface area contributed by atoms with Crippen LogP contribution in [0, 0.1) is 12.7 Å². The third kappa shape index (κ3) is 1.99. The Morgan fingerprint density at radius 2 is 1.80 bits per heavy atom. The number of hydrogen-bond acceptors (Lipinski definition) is 2. The van der Waals surface area contributed by atoms with Crippen molar-refractivity contribution in [2.24, 2.45) is 0 Å². The van der Waals surface area contributed by atoms with Gasteiger partial charge in [0.05, 0.1) is 5.41 Å². The highest BCUT2D eigenvalue weighted by Crippen LogP contribution is 2.50. The van der Waals surface area contributed by atoms with E-state index in [9.17, 15) is 9.18 Å². The molecule has 0 bridgehead atoms. The van der Waals surface area contributed by atoms with Crippen molar-refractivity contribution < 1.29 is 9.18 Å². The van der Waals surface area contributed by atoms with Gasteiger partial charge < -0.3 is 5.73 Å². The van der Waals surface area contributed by atoms with Gasteiger partial charge in [-0.3, -0.25) is 4.79 Å². The van der Waals surface area contributed by atoms with Crippen molar-refractivity contribution in [3.63, 3.8) is 0 Å². The van der Waals surface area contributed by atoms with E-state index in [4.69, 9.17) is 5.73 Å². The van der Waals surface area contributed by atoms with Gasteiger partial charge in [0.2, 0.25) is 0 Å². The minimum absolute atomic E-state index is 0.00108. The van der Waals surface area contributed by atoms with Crippen LogP contribution in [-0.4, -0.2) is 5.78 Å². The van der Waals surface area contributed by atoms with E-state index in [0.29, 0.717) is 16.8 Å². The Kier molecular flexibility index (Phi) is 2.85. The van der Waals surface area contributed by atoms with E-state index in [0.717, 1.165) is 18.4 Å². The van der Waals surface area contributed by atoms with Crippen LogP contribution < -0.4 is 5.73 Å². The molecule has 2 N–H and O–H groups in total. The van der Waals surface area contributed by atoms with Crippen molar-refractivity contribution in [2.75, 3.05) is 5.73 Å². The van der Waals surface area contributed by atoms with Crippen LogP contribution in [0.15, 0.2) is 42.5 Å². The SMILES string of the molecule is Cc1ccc(C(=O)C2(c3ccc(N)cc3)CC2)cc1F. The van der Waals surface area contributed by atoms with Gasteiger partial charge in [-0.1, -0.05) is 24.3 Å². The van der Waals surface area contributed by atoms with Crippen molar-refractivity contribution in [3.8, 4) is 0 Å². The first-order valence-electron chi connectivity index (χ1n) is 6.70. The fourth-order valence-corrected chi connectivity index (χ4v) is 2.58. The van der Waals surface area contributed by atoms with E-state index in [1.807, 2.05) is 12.1 Å². The average molecular weight is 269 g/mol. The Hall–Kier alpha value is -2.16. The average Bonchev–Trinajstić information content (AvgIpc) is 3.23. The van der Waals surface area contributed by atoms with E-state index < -0.39 is 5.41 Å². The molecule has 0 saturated heterocycles. The number of benzene rings is 2. The van der Waals surface area contributed by atoms with E-state index in [1.54, 1.807) is 31.2 Å². The molecule has 2 aromatic rings. The lowest BCUT2D eigenvalue weighted by atomic mass is 9.87. The molecule has 0 amide bonds. The third-order valence-electron chi connectivity index (χ3n) is 4.08. The van der Waals surface area contributed by atoms with Crippen molar-refractivity contribution in [1.29, 1.82) is 0 Å². The number of carbonyl (C=O) groups excluding carboxylic acids is 1. The highest BCUT2D eigenvalue weighted by Gasteiger charge is 2.51. The molecule has 1 saturated carbocycles. The van der Waals surface area contributed by atoms with Crippen LogP contribution >= 0.6 is 0 Å². The summed E-state index contributed by atoms with van der Waals surface area (Å²) in [6.07, 6.45) is 1.62. The number of Topliss-reactive ketones (excluding diaryl/α,β-unsaturated/α-hetero) is 1. The molecular formula is C17H16FNO. The Morgan fingerprint density at radius 1 is 1.15 bits per heavy atom. The van der Waals surface area contributed by atoms with Gasteiger partial charge in [-0.15, -0.1) is 0 Å². The quantitative estimate of drug-likeness (QED) is 0.683. The second-order valence-electron chi connectivity index (χ2n) is 5.50. The van der Waals surface area contributed by atoms with Crippen molar-refractivity contribution in [2.45, 2.75) is 25.2 Å². The fourth-order valence-electron chi connectivity index (χ4n) is 2.58. The highest BCUT2D eigenvalue weighted by molar-refractivity contribution is 6.06. The molecule has 0 aliphatic heterocycles. The van der Waals surface area contributed by atoms with E-state index in [-0.39, 0.29) is 11.6 Å². The monoisotopic (exact) mass is 269 g/mol. The van der Waals surface area contributed by atoms with Gasteiger partial charge in [0.25, 0.3) is 0 Å². The second-order valence-corrected chi connectivity index (χ2v) is 5.50. The van der Waals surface area contributed by atoms with E-state index in [1.165, 1.54) is 6.07 Å². The van der Waals surface area contributed by atoms with Crippen LogP contribution in [0.5, 0.6) is 0 Å². The summed E-state index contributed by atoms with van der Waals surface area (Å²) in [6, 6.07) is 12.1. The molecule has 3 heteroatoms. The maximum atomic E-state index is 13.6. The molecule has 1 aliphatic rings. The van der Waals surface area contributed by atoms with Gasteiger partial charge in [0.15, 0.2) is 5.78 Å². The van der Waals surface area contributed by atoms with Crippen molar-refractivity contribution in [3.05, 3.63) is 65.0 Å². The van der Waals surface area contributed by atoms with Crippen LogP contribution in [0.4, 0.5) is 10.1 Å². The molecule has 3 rings (SSSR count). The number of aryl methyl sites for hydroxylation is 1. The number of ketones is 1. The zero-order valence-electron chi connectivity index (χ0n) is 11.3. The number of halogens is 1. The molecular weight excluding hydrogens is 253 g/mol. The minimum Gasteiger partial charge on any atom is -0.399 e. The smallest absolute Gasteiger partial charge is 0.173 e. The predicted octanol–water partition coefficient (Wildman–Crippen LogP) is 3.63. The second kappa shape index (κ2) is 4.44. The minimum atomic E-state index is -0.477. The Bertz CT molecular complexity index is 672. The maximum Gasteiger partial charge on any atom is 0.173 e. The zero-order valence-corrected chi connectivity index (χ0v) is 11.3. The van der Waals surface area contributed by atoms with Gasteiger partial charge in [0.1, 0.15) is 5.82 Å². The molecule has 0 unspecified atom stereocenters. The van der Waals surface area contributed by atoms with Crippen molar-refractivity contribution >= 4 is 11.5 Å². The first-order chi connectivity index (χ1) is 9.53. The van der Waals surface area contributed by atoms with E-state index in [2.05, 4.69) is 0 Å². The lowest BCUT2D eigenvalue weighted by molar-refractivity contribution is 0.0945. The fraction of sp³-hybridized carbons (Fsp3) is 0.235. The molecule has 2 nitrogen and oxygen atoms in total. The standard InChI is InChI=1S/C17H16FNO/c1-11-2-3-12(10-15(11)18)16(20)17(8-9-17)13-4-6-14(19)7-5-13/h2-7,10H,8-9,19H2,1H3. The van der Waals surface area contributed by atoms with Gasteiger partial charge >= 0.3 is 0 Å². The number of nitrogen functional groups attached to an aromatic ring is 1. The summed E-state index contributed by atoms with van der Waals surface area (Å²) in [5.41, 5.74) is 7.85. The molecule has 102 valence electrons. The summed E-state index contributed by atoms with van der Waals surface area (Å²) in [5.74, 6) is -0.329. The van der Waals surface area contributed by atoms with Crippen LogP contribution in [0.25, 0.3) is 0 Å². The summed E-state index contributed by atoms with van der Waals surface area (Å²) in [7, 11) is 0. The van der Waals surface area contributed by atoms with Crippen molar-refractivity contribution in [1.82, 2.24) is 0 Å². The van der Waals surface area contributed by atoms with Crippen LogP contribution in [0.1, 0.15) is 34.3 Å². The van der Waals surface area contributed by atoms with Crippen LogP contribution in [-0.2, 0) is 5.41 Å². The lowest BCUT2D eigenvalue weighted by Crippen LogP contribution is -2.20. The summed E-state index contributed by atoms with van der Waals surface area (Å²) in [5, 5.41) is 0. The lowest BCUT2D eigenvalue weighted by Gasteiger charge is -2.15. The number of anilines is 1. The number of hydrogen-bond donors (Lipinski definition) is 1. The molecule has 0 radical (unpaired) electrons. The molecule has 20 heavy (non-hydrogen) atoms. The Labute approximate surface area is 117 Å². The van der Waals surface area contributed by atoms with Gasteiger partial charge in [0, 0.05) is 11.3 Å². The molecule has 1 aliphatic carbocycles. The number of rotatable bonds is 3. The summed E-state index contributed by atoms with van der Waals surface area (Å²) >= 11 is 0. The third-order valence-corrected chi connectivity index (χ3v) is 4.08. The molecule has 1 fully saturated rings. The Morgan fingerprint density at radius 3 is 2.35 bits per heavy atom. The highest BCUT2D eigenvalue weighted by atomic mass is 19.1. The van der Waals surface area contributed by atoms with Gasteiger partial charge in [-0.2, -0.15) is 0 Å². The first kappa shape index (κ1) is 12.9. The summed E-state index contributed by atoms with van der Waals surface area (Å²) in [4.78, 5) is 12.7. The predicted molar refractivity (Wildman–Crippen MR) is 77.2 cm³/mol. The molecule has 0 atom stereocenters. The summed E-state index contributed by atoms with van der Waals surface area (Å²) in [6.45, 7) is 1.69. The van der Waals surface area contributed by atoms with Crippen LogP contribution in [0.3, 0.4) is 0 Å². The molecule has 0 spiro atoms. The molecule has 0 aromatic heterocycles. The van der Waals surface area contributed by atoms with Crippen LogP contribution in [0.2, 0.25) is 0 Å². The first-order valence-corrected chi connectivity index (χ1v) is 6.70. The normalized spacial score (nSPS) is 15.9. The van der Waals surface area contributed by atoms with E-state index >= 15 is 0 Å². The Balaban J connectivity index is 1.97. The molecule has 0 heterocycles. The van der Waals surface area contributed by atoms with Gasteiger partial charge in [-0.25, -0.2) is 4.39 Å². The largest absolute Gasteiger partial charge is 0.399 e. The number of nitrogens with two attached hydrogens (primary N) is 1. The maximum absolute atomic E-state index is 13.6. The molecule has 2 aromatic carbocycles. The topological polar surface area (TPSA) is 43.1 Å².